The van der Waals surface area contributed by atoms with Gasteiger partial charge in [0.2, 0.25) is 5.88 Å². The summed E-state index contributed by atoms with van der Waals surface area (Å²) < 4.78 is 13.3. The summed E-state index contributed by atoms with van der Waals surface area (Å²) >= 11 is 0. The van der Waals surface area contributed by atoms with Gasteiger partial charge in [0.1, 0.15) is 17.7 Å². The molecule has 1 saturated heterocycles. The Morgan fingerprint density at radius 1 is 1.41 bits per heavy atom. The molecule has 2 aromatic rings. The highest BCUT2D eigenvalue weighted by Gasteiger charge is 2.35. The second kappa shape index (κ2) is 5.92. The molecule has 0 bridgehead atoms. The number of morpholine rings is 1. The first kappa shape index (κ1) is 14.8. The van der Waals surface area contributed by atoms with E-state index >= 15 is 0 Å². The summed E-state index contributed by atoms with van der Waals surface area (Å²) in [7, 11) is 1.91. The fourth-order valence-electron chi connectivity index (χ4n) is 2.66. The number of hydrogen-bond donors (Lipinski definition) is 0. The average molecular weight is 303 g/mol. The number of nitrogens with zero attached hydrogens (tertiary/aromatic N) is 5. The van der Waals surface area contributed by atoms with Crippen molar-refractivity contribution in [2.24, 2.45) is 7.05 Å². The lowest BCUT2D eigenvalue weighted by Gasteiger charge is -2.40. The number of anilines is 1. The third kappa shape index (κ3) is 2.89. The standard InChI is InChI=1S/C15H21N5O2/c1-4-21-14-7-13(16-11-17-14)20-5-6-22-15(2,10-20)12-8-18-19(3)9-12/h7-9,11H,4-6,10H2,1-3H3. The molecule has 0 aromatic carbocycles. The monoisotopic (exact) mass is 303 g/mol. The molecule has 1 aliphatic rings. The maximum absolute atomic E-state index is 6.02. The summed E-state index contributed by atoms with van der Waals surface area (Å²) in [5.74, 6) is 1.46. The van der Waals surface area contributed by atoms with Gasteiger partial charge in [0, 0.05) is 31.4 Å². The predicted molar refractivity (Wildman–Crippen MR) is 81.9 cm³/mol. The van der Waals surface area contributed by atoms with Gasteiger partial charge in [-0.15, -0.1) is 0 Å². The van der Waals surface area contributed by atoms with Gasteiger partial charge in [-0.3, -0.25) is 4.68 Å². The highest BCUT2D eigenvalue weighted by Crippen LogP contribution is 2.31. The Morgan fingerprint density at radius 3 is 3.00 bits per heavy atom. The first-order valence-electron chi connectivity index (χ1n) is 7.43. The van der Waals surface area contributed by atoms with Crippen LogP contribution in [-0.4, -0.2) is 46.1 Å². The first-order valence-corrected chi connectivity index (χ1v) is 7.43. The van der Waals surface area contributed by atoms with Crippen LogP contribution in [0.1, 0.15) is 19.4 Å². The minimum absolute atomic E-state index is 0.400. The highest BCUT2D eigenvalue weighted by atomic mass is 16.5. The predicted octanol–water partition coefficient (Wildman–Crippen LogP) is 1.36. The molecular weight excluding hydrogens is 282 g/mol. The average Bonchev–Trinajstić information content (AvgIpc) is 2.95. The zero-order valence-corrected chi connectivity index (χ0v) is 13.2. The van der Waals surface area contributed by atoms with Crippen molar-refractivity contribution in [3.63, 3.8) is 0 Å². The normalized spacial score (nSPS) is 21.9. The molecule has 0 saturated carbocycles. The van der Waals surface area contributed by atoms with E-state index in [-0.39, 0.29) is 0 Å². The van der Waals surface area contributed by atoms with Crippen LogP contribution in [0.2, 0.25) is 0 Å². The van der Waals surface area contributed by atoms with Gasteiger partial charge in [-0.2, -0.15) is 5.10 Å². The molecule has 7 heteroatoms. The molecule has 3 rings (SSSR count). The molecule has 0 N–H and O–H groups in total. The van der Waals surface area contributed by atoms with Crippen LogP contribution in [0.3, 0.4) is 0 Å². The summed E-state index contributed by atoms with van der Waals surface area (Å²) in [6.07, 6.45) is 5.39. The van der Waals surface area contributed by atoms with Crippen LogP contribution in [0.25, 0.3) is 0 Å². The minimum atomic E-state index is -0.400. The van der Waals surface area contributed by atoms with E-state index in [2.05, 4.69) is 26.9 Å². The summed E-state index contributed by atoms with van der Waals surface area (Å²) in [5.41, 5.74) is 0.669. The van der Waals surface area contributed by atoms with E-state index in [0.717, 1.165) is 17.9 Å². The van der Waals surface area contributed by atoms with Crippen LogP contribution < -0.4 is 9.64 Å². The smallest absolute Gasteiger partial charge is 0.218 e. The Balaban J connectivity index is 1.82. The van der Waals surface area contributed by atoms with E-state index in [1.165, 1.54) is 6.33 Å². The van der Waals surface area contributed by atoms with Crippen LogP contribution in [0.5, 0.6) is 5.88 Å². The van der Waals surface area contributed by atoms with Gasteiger partial charge in [0.25, 0.3) is 0 Å². The Kier molecular flexibility index (Phi) is 3.98. The van der Waals surface area contributed by atoms with Crippen molar-refractivity contribution in [1.29, 1.82) is 0 Å². The van der Waals surface area contributed by atoms with Crippen LogP contribution in [0.4, 0.5) is 5.82 Å². The van der Waals surface area contributed by atoms with Crippen LogP contribution in [-0.2, 0) is 17.4 Å². The summed E-state index contributed by atoms with van der Waals surface area (Å²) in [5, 5.41) is 4.25. The molecule has 0 radical (unpaired) electrons. The van der Waals surface area contributed by atoms with Crippen LogP contribution in [0, 0.1) is 0 Å². The Morgan fingerprint density at radius 2 is 2.27 bits per heavy atom. The highest BCUT2D eigenvalue weighted by molar-refractivity contribution is 5.42. The van der Waals surface area contributed by atoms with Gasteiger partial charge in [0.05, 0.1) is 26.0 Å². The SMILES string of the molecule is CCOc1cc(N2CCOC(C)(c3cnn(C)c3)C2)ncn1. The fourth-order valence-corrected chi connectivity index (χ4v) is 2.66. The van der Waals surface area contributed by atoms with E-state index in [1.54, 1.807) is 4.68 Å². The lowest BCUT2D eigenvalue weighted by molar-refractivity contribution is -0.0468. The number of ether oxygens (including phenoxy) is 2. The van der Waals surface area contributed by atoms with E-state index in [4.69, 9.17) is 9.47 Å². The molecule has 1 unspecified atom stereocenters. The number of hydrogen-bond acceptors (Lipinski definition) is 6. The fraction of sp³-hybridized carbons (Fsp3) is 0.533. The zero-order valence-electron chi connectivity index (χ0n) is 13.2. The Bertz CT molecular complexity index is 644. The maximum atomic E-state index is 6.02. The van der Waals surface area contributed by atoms with Crippen molar-refractivity contribution in [1.82, 2.24) is 19.7 Å². The molecule has 22 heavy (non-hydrogen) atoms. The third-order valence-corrected chi connectivity index (χ3v) is 3.83. The maximum Gasteiger partial charge on any atom is 0.218 e. The largest absolute Gasteiger partial charge is 0.478 e. The minimum Gasteiger partial charge on any atom is -0.478 e. The molecule has 7 nitrogen and oxygen atoms in total. The number of aryl methyl sites for hydroxylation is 1. The first-order chi connectivity index (χ1) is 10.6. The van der Waals surface area contributed by atoms with Crippen molar-refractivity contribution in [2.75, 3.05) is 31.2 Å². The third-order valence-electron chi connectivity index (χ3n) is 3.83. The van der Waals surface area contributed by atoms with Gasteiger partial charge < -0.3 is 14.4 Å². The van der Waals surface area contributed by atoms with E-state index < -0.39 is 5.60 Å². The van der Waals surface area contributed by atoms with Crippen molar-refractivity contribution in [3.05, 3.63) is 30.4 Å². The summed E-state index contributed by atoms with van der Waals surface area (Å²) in [4.78, 5) is 10.7. The lowest BCUT2D eigenvalue weighted by Crippen LogP contribution is -2.48. The zero-order chi connectivity index (χ0) is 15.6. The number of aromatic nitrogens is 4. The molecule has 0 spiro atoms. The van der Waals surface area contributed by atoms with Gasteiger partial charge in [-0.05, 0) is 13.8 Å². The molecular formula is C15H21N5O2. The van der Waals surface area contributed by atoms with E-state index in [1.807, 2.05) is 32.4 Å². The summed E-state index contributed by atoms with van der Waals surface area (Å²) in [6.45, 7) is 6.75. The molecule has 0 aliphatic carbocycles. The van der Waals surface area contributed by atoms with Crippen LogP contribution in [0.15, 0.2) is 24.8 Å². The topological polar surface area (TPSA) is 65.3 Å². The van der Waals surface area contributed by atoms with Crippen molar-refractivity contribution >= 4 is 5.82 Å². The van der Waals surface area contributed by atoms with E-state index in [9.17, 15) is 0 Å². The van der Waals surface area contributed by atoms with Gasteiger partial charge in [-0.25, -0.2) is 9.97 Å². The molecule has 3 heterocycles. The Hall–Kier alpha value is -2.15. The van der Waals surface area contributed by atoms with Crippen molar-refractivity contribution < 1.29 is 9.47 Å². The van der Waals surface area contributed by atoms with Gasteiger partial charge >= 0.3 is 0 Å². The molecule has 1 fully saturated rings. The lowest BCUT2D eigenvalue weighted by atomic mass is 9.97. The van der Waals surface area contributed by atoms with Crippen molar-refractivity contribution in [2.45, 2.75) is 19.4 Å². The quantitative estimate of drug-likeness (QED) is 0.850. The summed E-state index contributed by atoms with van der Waals surface area (Å²) in [6, 6.07) is 1.87. The van der Waals surface area contributed by atoms with Crippen molar-refractivity contribution in [3.8, 4) is 5.88 Å². The Labute approximate surface area is 129 Å². The molecule has 118 valence electrons. The van der Waals surface area contributed by atoms with Gasteiger partial charge in [0.15, 0.2) is 0 Å². The number of rotatable bonds is 4. The molecule has 2 aromatic heterocycles. The van der Waals surface area contributed by atoms with Gasteiger partial charge in [-0.1, -0.05) is 0 Å². The second-order valence-corrected chi connectivity index (χ2v) is 5.55. The molecule has 1 aliphatic heterocycles. The van der Waals surface area contributed by atoms with E-state index in [0.29, 0.717) is 25.6 Å². The molecule has 0 amide bonds. The second-order valence-electron chi connectivity index (χ2n) is 5.55. The molecule has 1 atom stereocenters. The van der Waals surface area contributed by atoms with Crippen LogP contribution >= 0.6 is 0 Å².